The van der Waals surface area contributed by atoms with Crippen molar-refractivity contribution < 1.29 is 4.79 Å². The maximum absolute atomic E-state index is 12.7. The second kappa shape index (κ2) is 9.22. The van der Waals surface area contributed by atoms with E-state index in [1.54, 1.807) is 17.5 Å². The third kappa shape index (κ3) is 4.85. The van der Waals surface area contributed by atoms with Crippen molar-refractivity contribution in [3.63, 3.8) is 0 Å². The third-order valence-corrected chi connectivity index (χ3v) is 6.42. The molecule has 6 nitrogen and oxygen atoms in total. The van der Waals surface area contributed by atoms with E-state index in [1.807, 2.05) is 30.3 Å². The Bertz CT molecular complexity index is 912. The summed E-state index contributed by atoms with van der Waals surface area (Å²) in [5, 5.41) is 4.11. The summed E-state index contributed by atoms with van der Waals surface area (Å²) in [6, 6.07) is 14.2. The number of benzene rings is 1. The number of carbonyl (C=O) groups is 1. The molecule has 0 spiro atoms. The highest BCUT2D eigenvalue weighted by Gasteiger charge is 2.27. The standard InChI is InChI=1S/C22H27N5OS/c1-26(18-9-3-2-4-10-18)14-7-13-23-20(28)17-8-6-15-27(16-17)22-25-19-11-5-12-24-21(19)29-22/h2-5,9-12,17H,6-8,13-16H2,1H3,(H,23,28). The number of amides is 1. The van der Waals surface area contributed by atoms with Crippen molar-refractivity contribution in [1.82, 2.24) is 15.3 Å². The number of pyridine rings is 1. The van der Waals surface area contributed by atoms with E-state index in [0.717, 1.165) is 54.4 Å². The van der Waals surface area contributed by atoms with Crippen LogP contribution in [0.4, 0.5) is 10.8 Å². The Balaban J connectivity index is 1.25. The second-order valence-electron chi connectivity index (χ2n) is 7.51. The SMILES string of the molecule is CN(CCCNC(=O)C1CCCN(c2nc3cccnc3s2)C1)c1ccccc1. The van der Waals surface area contributed by atoms with Crippen molar-refractivity contribution in [3.8, 4) is 0 Å². The highest BCUT2D eigenvalue weighted by atomic mass is 32.1. The number of rotatable bonds is 7. The topological polar surface area (TPSA) is 61.4 Å². The summed E-state index contributed by atoms with van der Waals surface area (Å²) >= 11 is 1.61. The van der Waals surface area contributed by atoms with Gasteiger partial charge in [-0.05, 0) is 43.5 Å². The number of para-hydroxylation sites is 1. The fourth-order valence-electron chi connectivity index (χ4n) is 3.74. The lowest BCUT2D eigenvalue weighted by molar-refractivity contribution is -0.125. The van der Waals surface area contributed by atoms with E-state index in [4.69, 9.17) is 4.98 Å². The monoisotopic (exact) mass is 409 g/mol. The number of fused-ring (bicyclic) bond motifs is 1. The van der Waals surface area contributed by atoms with Crippen LogP contribution in [0.1, 0.15) is 19.3 Å². The lowest BCUT2D eigenvalue weighted by atomic mass is 9.97. The molecule has 0 bridgehead atoms. The first-order valence-corrected chi connectivity index (χ1v) is 11.0. The first-order valence-electron chi connectivity index (χ1n) is 10.2. The van der Waals surface area contributed by atoms with E-state index in [2.05, 4.69) is 39.3 Å². The molecule has 1 aromatic carbocycles. The number of aromatic nitrogens is 2. The quantitative estimate of drug-likeness (QED) is 0.605. The molecule has 1 saturated heterocycles. The Morgan fingerprint density at radius 2 is 2.14 bits per heavy atom. The van der Waals surface area contributed by atoms with Crippen LogP contribution in [-0.4, -0.2) is 49.1 Å². The molecular weight excluding hydrogens is 382 g/mol. The minimum absolute atomic E-state index is 0.0237. The van der Waals surface area contributed by atoms with E-state index in [1.165, 1.54) is 5.69 Å². The van der Waals surface area contributed by atoms with Gasteiger partial charge in [0.15, 0.2) is 5.13 Å². The van der Waals surface area contributed by atoms with Gasteiger partial charge in [-0.15, -0.1) is 0 Å². The molecule has 1 unspecified atom stereocenters. The van der Waals surface area contributed by atoms with Crippen molar-refractivity contribution in [3.05, 3.63) is 48.7 Å². The molecule has 1 atom stereocenters. The molecule has 0 radical (unpaired) electrons. The minimum atomic E-state index is 0.0237. The molecule has 4 rings (SSSR count). The summed E-state index contributed by atoms with van der Waals surface area (Å²) in [4.78, 5) is 27.2. The Morgan fingerprint density at radius 1 is 1.28 bits per heavy atom. The summed E-state index contributed by atoms with van der Waals surface area (Å²) in [7, 11) is 2.09. The number of nitrogens with zero attached hydrogens (tertiary/aromatic N) is 4. The Morgan fingerprint density at radius 3 is 2.97 bits per heavy atom. The molecule has 3 aromatic rings. The fraction of sp³-hybridized carbons (Fsp3) is 0.409. The first kappa shape index (κ1) is 19.6. The van der Waals surface area contributed by atoms with Gasteiger partial charge in [0.05, 0.1) is 5.92 Å². The van der Waals surface area contributed by atoms with Gasteiger partial charge in [0.2, 0.25) is 5.91 Å². The molecule has 7 heteroatoms. The average Bonchev–Trinajstić information content (AvgIpc) is 3.21. The zero-order chi connectivity index (χ0) is 20.1. The molecule has 1 amide bonds. The maximum Gasteiger partial charge on any atom is 0.224 e. The normalized spacial score (nSPS) is 16.7. The third-order valence-electron chi connectivity index (χ3n) is 5.38. The molecule has 29 heavy (non-hydrogen) atoms. The van der Waals surface area contributed by atoms with Crippen LogP contribution < -0.4 is 15.1 Å². The van der Waals surface area contributed by atoms with Gasteiger partial charge in [0.1, 0.15) is 10.3 Å². The zero-order valence-electron chi connectivity index (χ0n) is 16.8. The number of anilines is 2. The van der Waals surface area contributed by atoms with E-state index < -0.39 is 0 Å². The van der Waals surface area contributed by atoms with Crippen LogP contribution in [0.3, 0.4) is 0 Å². The summed E-state index contributed by atoms with van der Waals surface area (Å²) in [5.74, 6) is 0.187. The van der Waals surface area contributed by atoms with Crippen LogP contribution in [-0.2, 0) is 4.79 Å². The highest BCUT2D eigenvalue weighted by Crippen LogP contribution is 2.30. The van der Waals surface area contributed by atoms with E-state index in [-0.39, 0.29) is 11.8 Å². The van der Waals surface area contributed by atoms with Crippen LogP contribution in [0.25, 0.3) is 10.3 Å². The number of piperidine rings is 1. The lowest BCUT2D eigenvalue weighted by Gasteiger charge is -2.31. The van der Waals surface area contributed by atoms with Crippen molar-refractivity contribution in [1.29, 1.82) is 0 Å². The molecular formula is C22H27N5OS. The van der Waals surface area contributed by atoms with Gasteiger partial charge in [0.25, 0.3) is 0 Å². The number of carbonyl (C=O) groups excluding carboxylic acids is 1. The molecule has 2 aromatic heterocycles. The van der Waals surface area contributed by atoms with Crippen molar-refractivity contribution in [2.24, 2.45) is 5.92 Å². The average molecular weight is 410 g/mol. The van der Waals surface area contributed by atoms with Gasteiger partial charge in [0, 0.05) is 45.1 Å². The zero-order valence-corrected chi connectivity index (χ0v) is 17.6. The summed E-state index contributed by atoms with van der Waals surface area (Å²) < 4.78 is 0. The summed E-state index contributed by atoms with van der Waals surface area (Å²) in [6.07, 6.45) is 4.68. The number of hydrogen-bond donors (Lipinski definition) is 1. The van der Waals surface area contributed by atoms with Crippen molar-refractivity contribution in [2.75, 3.05) is 43.0 Å². The van der Waals surface area contributed by atoms with Crippen LogP contribution in [0.5, 0.6) is 0 Å². The summed E-state index contributed by atoms with van der Waals surface area (Å²) in [5.41, 5.74) is 2.13. The van der Waals surface area contributed by atoms with Crippen LogP contribution in [0.15, 0.2) is 48.7 Å². The number of nitrogens with one attached hydrogen (secondary N) is 1. The van der Waals surface area contributed by atoms with Gasteiger partial charge >= 0.3 is 0 Å². The lowest BCUT2D eigenvalue weighted by Crippen LogP contribution is -2.43. The molecule has 1 N–H and O–H groups in total. The van der Waals surface area contributed by atoms with Crippen LogP contribution in [0, 0.1) is 5.92 Å². The number of hydrogen-bond acceptors (Lipinski definition) is 6. The fourth-order valence-corrected chi connectivity index (χ4v) is 4.69. The maximum atomic E-state index is 12.7. The van der Waals surface area contributed by atoms with Gasteiger partial charge in [-0.3, -0.25) is 4.79 Å². The predicted octanol–water partition coefficient (Wildman–Crippen LogP) is 3.55. The van der Waals surface area contributed by atoms with Gasteiger partial charge in [-0.1, -0.05) is 29.5 Å². The van der Waals surface area contributed by atoms with Gasteiger partial charge in [-0.25, -0.2) is 9.97 Å². The van der Waals surface area contributed by atoms with E-state index in [9.17, 15) is 4.79 Å². The highest BCUT2D eigenvalue weighted by molar-refractivity contribution is 7.21. The predicted molar refractivity (Wildman–Crippen MR) is 120 cm³/mol. The first-order chi connectivity index (χ1) is 14.2. The minimum Gasteiger partial charge on any atom is -0.375 e. The smallest absolute Gasteiger partial charge is 0.224 e. The summed E-state index contributed by atoms with van der Waals surface area (Å²) in [6.45, 7) is 3.30. The largest absolute Gasteiger partial charge is 0.375 e. The van der Waals surface area contributed by atoms with Crippen LogP contribution >= 0.6 is 11.3 Å². The van der Waals surface area contributed by atoms with Crippen molar-refractivity contribution in [2.45, 2.75) is 19.3 Å². The van der Waals surface area contributed by atoms with Gasteiger partial charge in [-0.2, -0.15) is 0 Å². The molecule has 3 heterocycles. The molecule has 0 aliphatic carbocycles. The molecule has 1 fully saturated rings. The van der Waals surface area contributed by atoms with Gasteiger partial charge < -0.3 is 15.1 Å². The molecule has 0 saturated carbocycles. The number of thiazole rings is 1. The molecule has 152 valence electrons. The second-order valence-corrected chi connectivity index (χ2v) is 8.47. The van der Waals surface area contributed by atoms with Crippen LogP contribution in [0.2, 0.25) is 0 Å². The van der Waals surface area contributed by atoms with Crippen molar-refractivity contribution >= 4 is 38.4 Å². The molecule has 1 aliphatic rings. The van der Waals surface area contributed by atoms with E-state index in [0.29, 0.717) is 6.54 Å². The van der Waals surface area contributed by atoms with E-state index >= 15 is 0 Å². The Hall–Kier alpha value is -2.67. The Kier molecular flexibility index (Phi) is 6.24. The Labute approximate surface area is 175 Å². The molecule has 1 aliphatic heterocycles.